The number of hydrogen-bond donors (Lipinski definition) is 1. The van der Waals surface area contributed by atoms with Gasteiger partial charge in [0.15, 0.2) is 0 Å². The van der Waals surface area contributed by atoms with Crippen molar-refractivity contribution in [2.45, 2.75) is 50.9 Å². The van der Waals surface area contributed by atoms with E-state index in [1.807, 2.05) is 7.05 Å². The number of hydrogen-bond acceptors (Lipinski definition) is 4. The van der Waals surface area contributed by atoms with Crippen molar-refractivity contribution in [3.8, 4) is 0 Å². The minimum Gasteiger partial charge on any atom is -0.381 e. The molecule has 0 spiro atoms. The highest BCUT2D eigenvalue weighted by Crippen LogP contribution is 2.28. The van der Waals surface area contributed by atoms with Crippen molar-refractivity contribution in [3.05, 3.63) is 0 Å². The van der Waals surface area contributed by atoms with Gasteiger partial charge in [0.1, 0.15) is 0 Å². The van der Waals surface area contributed by atoms with Crippen molar-refractivity contribution in [1.29, 1.82) is 0 Å². The lowest BCUT2D eigenvalue weighted by Gasteiger charge is -2.44. The summed E-state index contributed by atoms with van der Waals surface area (Å²) < 4.78 is 17.3. The second-order valence-corrected chi connectivity index (χ2v) is 5.39. The Kier molecular flexibility index (Phi) is 5.89. The summed E-state index contributed by atoms with van der Waals surface area (Å²) in [6.07, 6.45) is 4.96. The van der Waals surface area contributed by atoms with Crippen LogP contribution in [0.4, 0.5) is 0 Å². The highest BCUT2D eigenvalue weighted by Gasteiger charge is 2.42. The van der Waals surface area contributed by atoms with Gasteiger partial charge in [0.05, 0.1) is 18.8 Å². The van der Waals surface area contributed by atoms with E-state index in [-0.39, 0.29) is 12.2 Å². The van der Waals surface area contributed by atoms with Crippen molar-refractivity contribution < 1.29 is 14.2 Å². The average molecular weight is 257 g/mol. The van der Waals surface area contributed by atoms with Gasteiger partial charge in [-0.15, -0.1) is 0 Å². The number of likely N-dealkylation sites (N-methyl/N-ethyl adjacent to an activating group) is 1. The van der Waals surface area contributed by atoms with Gasteiger partial charge in [-0.05, 0) is 38.6 Å². The Morgan fingerprint density at radius 2 is 2.00 bits per heavy atom. The molecule has 1 N–H and O–H groups in total. The van der Waals surface area contributed by atoms with Crippen LogP contribution in [0.15, 0.2) is 0 Å². The summed E-state index contributed by atoms with van der Waals surface area (Å²) in [4.78, 5) is 0. The first kappa shape index (κ1) is 14.3. The average Bonchev–Trinajstić information content (AvgIpc) is 2.39. The zero-order valence-electron chi connectivity index (χ0n) is 11.7. The predicted octanol–water partition coefficient (Wildman–Crippen LogP) is 1.59. The fraction of sp³-hybridized carbons (Fsp3) is 1.00. The highest BCUT2D eigenvalue weighted by molar-refractivity contribution is 4.96. The van der Waals surface area contributed by atoms with Gasteiger partial charge >= 0.3 is 0 Å². The third-order valence-corrected chi connectivity index (χ3v) is 4.02. The molecule has 1 heterocycles. The van der Waals surface area contributed by atoms with E-state index in [1.54, 1.807) is 0 Å². The first-order valence-electron chi connectivity index (χ1n) is 7.33. The van der Waals surface area contributed by atoms with Gasteiger partial charge in [0, 0.05) is 25.9 Å². The van der Waals surface area contributed by atoms with E-state index in [2.05, 4.69) is 12.2 Å². The lowest BCUT2D eigenvalue weighted by atomic mass is 9.85. The summed E-state index contributed by atoms with van der Waals surface area (Å²) in [5.74, 6) is 0.680. The van der Waals surface area contributed by atoms with Crippen LogP contribution < -0.4 is 5.32 Å². The summed E-state index contributed by atoms with van der Waals surface area (Å²) in [5.41, 5.74) is 0. The van der Waals surface area contributed by atoms with Crippen LogP contribution in [0.1, 0.15) is 32.6 Å². The maximum Gasteiger partial charge on any atom is 0.0990 e. The van der Waals surface area contributed by atoms with E-state index in [9.17, 15) is 0 Å². The van der Waals surface area contributed by atoms with Gasteiger partial charge in [-0.25, -0.2) is 0 Å². The maximum absolute atomic E-state index is 6.04. The molecule has 1 saturated carbocycles. The van der Waals surface area contributed by atoms with E-state index < -0.39 is 0 Å². The monoisotopic (exact) mass is 257 g/mol. The fourth-order valence-corrected chi connectivity index (χ4v) is 2.68. The van der Waals surface area contributed by atoms with Crippen molar-refractivity contribution in [1.82, 2.24) is 5.32 Å². The fourth-order valence-electron chi connectivity index (χ4n) is 2.68. The Hall–Kier alpha value is -0.160. The molecule has 2 aliphatic rings. The van der Waals surface area contributed by atoms with E-state index in [1.165, 1.54) is 0 Å². The molecule has 2 rings (SSSR count). The number of rotatable bonds is 7. The van der Waals surface area contributed by atoms with Crippen LogP contribution >= 0.6 is 0 Å². The number of ether oxygens (including phenoxy) is 3. The number of nitrogens with one attached hydrogen (secondary N) is 1. The normalized spacial score (nSPS) is 33.3. The van der Waals surface area contributed by atoms with Gasteiger partial charge in [0.2, 0.25) is 0 Å². The van der Waals surface area contributed by atoms with E-state index >= 15 is 0 Å². The molecule has 1 aliphatic heterocycles. The quantitative estimate of drug-likeness (QED) is 0.752. The summed E-state index contributed by atoms with van der Waals surface area (Å²) >= 11 is 0. The molecule has 1 saturated heterocycles. The molecule has 0 radical (unpaired) electrons. The summed E-state index contributed by atoms with van der Waals surface area (Å²) in [7, 11) is 2.00. The van der Waals surface area contributed by atoms with Crippen molar-refractivity contribution in [2.24, 2.45) is 5.92 Å². The lowest BCUT2D eigenvalue weighted by Crippen LogP contribution is -2.59. The van der Waals surface area contributed by atoms with Crippen molar-refractivity contribution >= 4 is 0 Å². The zero-order chi connectivity index (χ0) is 12.8. The van der Waals surface area contributed by atoms with Gasteiger partial charge in [0.25, 0.3) is 0 Å². The van der Waals surface area contributed by atoms with Crippen LogP contribution in [0.25, 0.3) is 0 Å². The molecule has 3 unspecified atom stereocenters. The molecular formula is C14H27NO3. The van der Waals surface area contributed by atoms with Crippen LogP contribution in [-0.4, -0.2) is 51.7 Å². The van der Waals surface area contributed by atoms with Crippen molar-refractivity contribution in [2.75, 3.05) is 33.5 Å². The van der Waals surface area contributed by atoms with E-state index in [0.717, 1.165) is 52.1 Å². The second kappa shape index (κ2) is 7.43. The first-order chi connectivity index (χ1) is 8.85. The predicted molar refractivity (Wildman–Crippen MR) is 70.8 cm³/mol. The molecule has 4 heteroatoms. The van der Waals surface area contributed by atoms with Gasteiger partial charge < -0.3 is 19.5 Å². The second-order valence-electron chi connectivity index (χ2n) is 5.39. The Balaban J connectivity index is 1.68. The van der Waals surface area contributed by atoms with Crippen LogP contribution in [0.5, 0.6) is 0 Å². The zero-order valence-corrected chi connectivity index (χ0v) is 11.7. The molecular weight excluding hydrogens is 230 g/mol. The summed E-state index contributed by atoms with van der Waals surface area (Å²) in [5, 5.41) is 3.30. The van der Waals surface area contributed by atoms with Crippen LogP contribution in [-0.2, 0) is 14.2 Å². The molecule has 106 valence electrons. The molecule has 3 atom stereocenters. The van der Waals surface area contributed by atoms with E-state index in [4.69, 9.17) is 14.2 Å². The Bertz CT molecular complexity index is 231. The standard InChI is InChI=1S/C14H27NO3/c1-3-6-17-14-12(15-2)9-13(14)18-10-11-4-7-16-8-5-11/h11-15H,3-10H2,1-2H3. The van der Waals surface area contributed by atoms with Crippen LogP contribution in [0.3, 0.4) is 0 Å². The Labute approximate surface area is 110 Å². The third kappa shape index (κ3) is 3.67. The summed E-state index contributed by atoms with van der Waals surface area (Å²) in [6, 6.07) is 0.469. The molecule has 0 aromatic heterocycles. The van der Waals surface area contributed by atoms with Gasteiger partial charge in [-0.2, -0.15) is 0 Å². The highest BCUT2D eigenvalue weighted by atomic mass is 16.5. The molecule has 0 bridgehead atoms. The van der Waals surface area contributed by atoms with Crippen molar-refractivity contribution in [3.63, 3.8) is 0 Å². The van der Waals surface area contributed by atoms with Gasteiger partial charge in [-0.3, -0.25) is 0 Å². The molecule has 2 fully saturated rings. The topological polar surface area (TPSA) is 39.7 Å². The minimum atomic E-state index is 0.245. The molecule has 4 nitrogen and oxygen atoms in total. The molecule has 0 aromatic rings. The Morgan fingerprint density at radius 3 is 2.67 bits per heavy atom. The maximum atomic E-state index is 6.04. The molecule has 18 heavy (non-hydrogen) atoms. The minimum absolute atomic E-state index is 0.245. The van der Waals surface area contributed by atoms with E-state index in [0.29, 0.717) is 12.0 Å². The van der Waals surface area contributed by atoms with Crippen LogP contribution in [0.2, 0.25) is 0 Å². The summed E-state index contributed by atoms with van der Waals surface area (Å²) in [6.45, 7) is 5.64. The van der Waals surface area contributed by atoms with Crippen LogP contribution in [0, 0.1) is 5.92 Å². The SMILES string of the molecule is CCCOC1C(NC)CC1OCC1CCOCC1. The lowest BCUT2D eigenvalue weighted by molar-refractivity contribution is -0.154. The third-order valence-electron chi connectivity index (χ3n) is 4.02. The molecule has 0 amide bonds. The molecule has 1 aliphatic carbocycles. The first-order valence-corrected chi connectivity index (χ1v) is 7.33. The largest absolute Gasteiger partial charge is 0.381 e. The smallest absolute Gasteiger partial charge is 0.0990 e. The molecule has 0 aromatic carbocycles. The Morgan fingerprint density at radius 1 is 1.22 bits per heavy atom. The van der Waals surface area contributed by atoms with Gasteiger partial charge in [-0.1, -0.05) is 6.92 Å².